The fraction of sp³-hybridized carbons (Fsp3) is 0.571. The number of aliphatic hydroxyl groups excluding tert-OH is 1. The van der Waals surface area contributed by atoms with Gasteiger partial charge in [0.25, 0.3) is 0 Å². The Kier molecular flexibility index (Phi) is 3.11. The van der Waals surface area contributed by atoms with Crippen LogP contribution in [-0.2, 0) is 6.42 Å². The lowest BCUT2D eigenvalue weighted by Crippen LogP contribution is -2.27. The molecule has 0 aliphatic heterocycles. The molecule has 0 aromatic heterocycles. The summed E-state index contributed by atoms with van der Waals surface area (Å²) in [7, 11) is 0. The molecule has 15 heavy (non-hydrogen) atoms. The average molecular weight is 204 g/mol. The third-order valence-electron chi connectivity index (χ3n) is 3.51. The molecule has 82 valence electrons. The molecule has 1 heteroatoms. The normalized spacial score (nSPS) is 22.5. The minimum Gasteiger partial charge on any atom is -0.392 e. The Labute approximate surface area is 92.1 Å². The van der Waals surface area contributed by atoms with Crippen molar-refractivity contribution in [2.45, 2.75) is 45.1 Å². The number of benzene rings is 1. The van der Waals surface area contributed by atoms with Crippen LogP contribution < -0.4 is 0 Å². The summed E-state index contributed by atoms with van der Waals surface area (Å²) < 4.78 is 0. The molecular formula is C14H20O. The first-order valence-electron chi connectivity index (χ1n) is 5.96. The second-order valence-electron chi connectivity index (χ2n) is 4.93. The van der Waals surface area contributed by atoms with Gasteiger partial charge in [-0.2, -0.15) is 0 Å². The SMILES string of the molecule is CC(C)C(O)C1CCCc2ccccc21. The first-order valence-corrected chi connectivity index (χ1v) is 5.96. The molecule has 2 rings (SSSR count). The zero-order valence-corrected chi connectivity index (χ0v) is 9.61. The number of aryl methyl sites for hydroxylation is 1. The van der Waals surface area contributed by atoms with E-state index in [4.69, 9.17) is 0 Å². The van der Waals surface area contributed by atoms with E-state index in [0.717, 1.165) is 6.42 Å². The highest BCUT2D eigenvalue weighted by Gasteiger charge is 2.27. The first-order chi connectivity index (χ1) is 7.20. The maximum atomic E-state index is 10.2. The summed E-state index contributed by atoms with van der Waals surface area (Å²) >= 11 is 0. The second-order valence-corrected chi connectivity index (χ2v) is 4.93. The van der Waals surface area contributed by atoms with Gasteiger partial charge in [0.05, 0.1) is 6.10 Å². The van der Waals surface area contributed by atoms with Crippen molar-refractivity contribution in [2.75, 3.05) is 0 Å². The molecule has 0 saturated heterocycles. The van der Waals surface area contributed by atoms with Crippen molar-refractivity contribution in [2.24, 2.45) is 5.92 Å². The predicted octanol–water partition coefficient (Wildman–Crippen LogP) is 3.12. The van der Waals surface area contributed by atoms with E-state index in [9.17, 15) is 5.11 Å². The Balaban J connectivity index is 2.29. The van der Waals surface area contributed by atoms with Crippen LogP contribution in [0.15, 0.2) is 24.3 Å². The van der Waals surface area contributed by atoms with Gasteiger partial charge in [-0.25, -0.2) is 0 Å². The van der Waals surface area contributed by atoms with Crippen LogP contribution in [0.1, 0.15) is 43.7 Å². The number of aliphatic hydroxyl groups is 1. The number of rotatable bonds is 2. The standard InChI is InChI=1S/C14H20O/c1-10(2)14(15)13-9-5-7-11-6-3-4-8-12(11)13/h3-4,6,8,10,13-15H,5,7,9H2,1-2H3. The summed E-state index contributed by atoms with van der Waals surface area (Å²) in [6.45, 7) is 4.20. The summed E-state index contributed by atoms with van der Waals surface area (Å²) in [6.07, 6.45) is 3.34. The van der Waals surface area contributed by atoms with Crippen molar-refractivity contribution in [3.63, 3.8) is 0 Å². The van der Waals surface area contributed by atoms with Gasteiger partial charge in [-0.15, -0.1) is 0 Å². The third kappa shape index (κ3) is 2.07. The van der Waals surface area contributed by atoms with E-state index in [1.807, 2.05) is 0 Å². The van der Waals surface area contributed by atoms with Crippen molar-refractivity contribution >= 4 is 0 Å². The van der Waals surface area contributed by atoms with E-state index in [1.54, 1.807) is 0 Å². The first kappa shape index (κ1) is 10.7. The molecule has 0 fully saturated rings. The Morgan fingerprint density at radius 3 is 2.73 bits per heavy atom. The monoisotopic (exact) mass is 204 g/mol. The molecule has 1 aromatic carbocycles. The van der Waals surface area contributed by atoms with Crippen molar-refractivity contribution in [3.05, 3.63) is 35.4 Å². The van der Waals surface area contributed by atoms with Crippen molar-refractivity contribution in [1.29, 1.82) is 0 Å². The summed E-state index contributed by atoms with van der Waals surface area (Å²) in [5.41, 5.74) is 2.82. The molecule has 0 radical (unpaired) electrons. The van der Waals surface area contributed by atoms with E-state index in [0.29, 0.717) is 11.8 Å². The topological polar surface area (TPSA) is 20.2 Å². The molecule has 1 aliphatic rings. The fourth-order valence-corrected chi connectivity index (χ4v) is 2.61. The lowest BCUT2D eigenvalue weighted by molar-refractivity contribution is 0.0893. The fourth-order valence-electron chi connectivity index (χ4n) is 2.61. The highest BCUT2D eigenvalue weighted by atomic mass is 16.3. The summed E-state index contributed by atoms with van der Waals surface area (Å²) in [6, 6.07) is 8.58. The molecule has 0 amide bonds. The highest BCUT2D eigenvalue weighted by Crippen LogP contribution is 2.35. The molecule has 1 aliphatic carbocycles. The lowest BCUT2D eigenvalue weighted by Gasteiger charge is -2.31. The van der Waals surface area contributed by atoms with Crippen LogP contribution in [0, 0.1) is 5.92 Å². The molecule has 0 saturated carbocycles. The van der Waals surface area contributed by atoms with Gasteiger partial charge in [-0.3, -0.25) is 0 Å². The van der Waals surface area contributed by atoms with Crippen LogP contribution in [0.4, 0.5) is 0 Å². The van der Waals surface area contributed by atoms with E-state index in [-0.39, 0.29) is 6.10 Å². The van der Waals surface area contributed by atoms with Crippen LogP contribution in [0.25, 0.3) is 0 Å². The minimum absolute atomic E-state index is 0.188. The maximum Gasteiger partial charge on any atom is 0.0631 e. The molecule has 1 aromatic rings. The molecule has 0 bridgehead atoms. The molecule has 1 N–H and O–H groups in total. The summed E-state index contributed by atoms with van der Waals surface area (Å²) in [4.78, 5) is 0. The number of fused-ring (bicyclic) bond motifs is 1. The smallest absolute Gasteiger partial charge is 0.0631 e. The van der Waals surface area contributed by atoms with E-state index in [2.05, 4.69) is 38.1 Å². The largest absolute Gasteiger partial charge is 0.392 e. The summed E-state index contributed by atoms with van der Waals surface area (Å²) in [5.74, 6) is 0.705. The molecule has 0 spiro atoms. The number of hydrogen-bond acceptors (Lipinski definition) is 1. The van der Waals surface area contributed by atoms with Gasteiger partial charge in [0.1, 0.15) is 0 Å². The van der Waals surface area contributed by atoms with E-state index < -0.39 is 0 Å². The Bertz CT molecular complexity index is 330. The lowest BCUT2D eigenvalue weighted by atomic mass is 9.77. The zero-order chi connectivity index (χ0) is 10.8. The van der Waals surface area contributed by atoms with E-state index >= 15 is 0 Å². The Morgan fingerprint density at radius 1 is 1.27 bits per heavy atom. The molecular weight excluding hydrogens is 184 g/mol. The quantitative estimate of drug-likeness (QED) is 0.784. The van der Waals surface area contributed by atoms with E-state index in [1.165, 1.54) is 24.0 Å². The zero-order valence-electron chi connectivity index (χ0n) is 9.61. The Morgan fingerprint density at radius 2 is 2.00 bits per heavy atom. The van der Waals surface area contributed by atoms with Crippen LogP contribution in [0.3, 0.4) is 0 Å². The van der Waals surface area contributed by atoms with Gasteiger partial charge >= 0.3 is 0 Å². The molecule has 2 atom stereocenters. The van der Waals surface area contributed by atoms with Crippen LogP contribution in [0.5, 0.6) is 0 Å². The maximum absolute atomic E-state index is 10.2. The van der Waals surface area contributed by atoms with Gasteiger partial charge in [0.15, 0.2) is 0 Å². The third-order valence-corrected chi connectivity index (χ3v) is 3.51. The van der Waals surface area contributed by atoms with Crippen molar-refractivity contribution in [3.8, 4) is 0 Å². The predicted molar refractivity (Wildman–Crippen MR) is 63.0 cm³/mol. The summed E-state index contributed by atoms with van der Waals surface area (Å²) in [5, 5.41) is 10.2. The van der Waals surface area contributed by atoms with Crippen LogP contribution >= 0.6 is 0 Å². The minimum atomic E-state index is -0.188. The van der Waals surface area contributed by atoms with Crippen molar-refractivity contribution in [1.82, 2.24) is 0 Å². The van der Waals surface area contributed by atoms with Gasteiger partial charge in [-0.05, 0) is 36.3 Å². The van der Waals surface area contributed by atoms with Crippen LogP contribution in [0.2, 0.25) is 0 Å². The van der Waals surface area contributed by atoms with Crippen molar-refractivity contribution < 1.29 is 5.11 Å². The van der Waals surface area contributed by atoms with Gasteiger partial charge in [-0.1, -0.05) is 38.1 Å². The van der Waals surface area contributed by atoms with Gasteiger partial charge < -0.3 is 5.11 Å². The molecule has 2 unspecified atom stereocenters. The number of hydrogen-bond donors (Lipinski definition) is 1. The average Bonchev–Trinajstić information content (AvgIpc) is 2.27. The molecule has 0 heterocycles. The molecule has 1 nitrogen and oxygen atoms in total. The highest BCUT2D eigenvalue weighted by molar-refractivity contribution is 5.33. The second kappa shape index (κ2) is 4.36. The van der Waals surface area contributed by atoms with Crippen LogP contribution in [-0.4, -0.2) is 11.2 Å². The Hall–Kier alpha value is -0.820. The van der Waals surface area contributed by atoms with Gasteiger partial charge in [0.2, 0.25) is 0 Å². The van der Waals surface area contributed by atoms with Gasteiger partial charge in [0, 0.05) is 5.92 Å².